The molecule has 0 radical (unpaired) electrons. The van der Waals surface area contributed by atoms with Crippen molar-refractivity contribution in [2.75, 3.05) is 0 Å². The molecule has 0 saturated carbocycles. The summed E-state index contributed by atoms with van der Waals surface area (Å²) in [6, 6.07) is 4.21. The van der Waals surface area contributed by atoms with E-state index in [0.717, 1.165) is 0 Å². The summed E-state index contributed by atoms with van der Waals surface area (Å²) >= 11 is 0. The Morgan fingerprint density at radius 1 is 1.00 bits per heavy atom. The van der Waals surface area contributed by atoms with Crippen LogP contribution in [0.5, 0.6) is 0 Å². The Morgan fingerprint density at radius 2 is 1.36 bits per heavy atom. The summed E-state index contributed by atoms with van der Waals surface area (Å²) in [7, 11) is -1.21. The van der Waals surface area contributed by atoms with E-state index in [9.17, 15) is 0 Å². The summed E-state index contributed by atoms with van der Waals surface area (Å²) in [6.07, 6.45) is 5.93. The van der Waals surface area contributed by atoms with Gasteiger partial charge in [0.25, 0.3) is 0 Å². The van der Waals surface area contributed by atoms with Gasteiger partial charge in [-0.25, -0.2) is 0 Å². The molecule has 14 heavy (non-hydrogen) atoms. The molecule has 0 fully saturated rings. The third kappa shape index (κ3) is 3.45. The maximum absolute atomic E-state index is 4.25. The SMILES string of the molecule is C=CC(=C)[Si](CCC)(CCC)CCC. The fraction of sp³-hybridized carbons (Fsp3) is 0.692. The lowest BCUT2D eigenvalue weighted by molar-refractivity contribution is 0.931. The summed E-state index contributed by atoms with van der Waals surface area (Å²) in [6.45, 7) is 15.0. The van der Waals surface area contributed by atoms with E-state index in [1.54, 1.807) is 0 Å². The molecule has 0 saturated heterocycles. The minimum absolute atomic E-state index is 1.21. The van der Waals surface area contributed by atoms with Crippen LogP contribution in [0.1, 0.15) is 40.0 Å². The maximum atomic E-state index is 4.25. The van der Waals surface area contributed by atoms with Crippen molar-refractivity contribution in [3.05, 3.63) is 24.4 Å². The minimum atomic E-state index is -1.21. The summed E-state index contributed by atoms with van der Waals surface area (Å²) < 4.78 is 0. The first-order chi connectivity index (χ1) is 6.66. The molecule has 0 unspecified atom stereocenters. The summed E-state index contributed by atoms with van der Waals surface area (Å²) in [5.41, 5.74) is 0. The number of allylic oxidation sites excluding steroid dienone is 2. The number of hydrogen-bond donors (Lipinski definition) is 0. The van der Waals surface area contributed by atoms with Crippen LogP contribution in [-0.2, 0) is 0 Å². The van der Waals surface area contributed by atoms with Crippen molar-refractivity contribution in [3.8, 4) is 0 Å². The van der Waals surface area contributed by atoms with Crippen LogP contribution in [0.3, 0.4) is 0 Å². The molecule has 0 amide bonds. The van der Waals surface area contributed by atoms with Gasteiger partial charge in [-0.05, 0) is 0 Å². The van der Waals surface area contributed by atoms with E-state index in [4.69, 9.17) is 0 Å². The van der Waals surface area contributed by atoms with Gasteiger partial charge < -0.3 is 0 Å². The molecule has 0 aromatic heterocycles. The normalized spacial score (nSPS) is 11.4. The maximum Gasteiger partial charge on any atom is 0.0858 e. The van der Waals surface area contributed by atoms with Crippen LogP contribution in [0, 0.1) is 0 Å². The van der Waals surface area contributed by atoms with Crippen LogP contribution in [0.15, 0.2) is 24.4 Å². The average Bonchev–Trinajstić information content (AvgIpc) is 2.17. The molecule has 82 valence electrons. The van der Waals surface area contributed by atoms with Gasteiger partial charge in [0.2, 0.25) is 0 Å². The molecule has 1 heteroatoms. The molecule has 0 aromatic rings. The largest absolute Gasteiger partial charge is 0.0998 e. The van der Waals surface area contributed by atoms with Gasteiger partial charge in [0.05, 0.1) is 8.07 Å². The summed E-state index contributed by atoms with van der Waals surface area (Å²) in [4.78, 5) is 0. The first kappa shape index (κ1) is 13.7. The van der Waals surface area contributed by atoms with Crippen LogP contribution >= 0.6 is 0 Å². The lowest BCUT2D eigenvalue weighted by Crippen LogP contribution is -2.35. The van der Waals surface area contributed by atoms with Crippen molar-refractivity contribution in [3.63, 3.8) is 0 Å². The molecule has 0 aromatic carbocycles. The quantitative estimate of drug-likeness (QED) is 0.393. The van der Waals surface area contributed by atoms with Gasteiger partial charge in [0, 0.05) is 0 Å². The van der Waals surface area contributed by atoms with Gasteiger partial charge in [-0.1, -0.05) is 82.6 Å². The smallest absolute Gasteiger partial charge is 0.0858 e. The Labute approximate surface area is 91.1 Å². The first-order valence-corrected chi connectivity index (χ1v) is 8.60. The highest BCUT2D eigenvalue weighted by Gasteiger charge is 2.31. The third-order valence-electron chi connectivity index (χ3n) is 3.11. The van der Waals surface area contributed by atoms with E-state index < -0.39 is 8.07 Å². The Bertz CT molecular complexity index is 165. The van der Waals surface area contributed by atoms with Crippen LogP contribution < -0.4 is 0 Å². The molecule has 0 rings (SSSR count). The van der Waals surface area contributed by atoms with Gasteiger partial charge in [0.1, 0.15) is 0 Å². The zero-order chi connectivity index (χ0) is 11.0. The second-order valence-corrected chi connectivity index (χ2v) is 8.96. The zero-order valence-corrected chi connectivity index (χ0v) is 11.2. The summed E-state index contributed by atoms with van der Waals surface area (Å²) in [5, 5.41) is 1.39. The van der Waals surface area contributed by atoms with Gasteiger partial charge in [-0.15, -0.1) is 0 Å². The van der Waals surface area contributed by atoms with E-state index >= 15 is 0 Å². The van der Waals surface area contributed by atoms with Gasteiger partial charge in [0.15, 0.2) is 0 Å². The second-order valence-electron chi connectivity index (χ2n) is 4.26. The fourth-order valence-electron chi connectivity index (χ4n) is 2.51. The predicted molar refractivity (Wildman–Crippen MR) is 70.4 cm³/mol. The van der Waals surface area contributed by atoms with Crippen molar-refractivity contribution in [2.45, 2.75) is 58.2 Å². The highest BCUT2D eigenvalue weighted by atomic mass is 28.3. The molecule has 0 atom stereocenters. The predicted octanol–water partition coefficient (Wildman–Crippen LogP) is 4.95. The Balaban J connectivity index is 4.71. The molecule has 0 N–H and O–H groups in total. The van der Waals surface area contributed by atoms with Crippen molar-refractivity contribution < 1.29 is 0 Å². The summed E-state index contributed by atoms with van der Waals surface area (Å²) in [5.74, 6) is 0. The molecule has 0 nitrogen and oxygen atoms in total. The first-order valence-electron chi connectivity index (χ1n) is 5.98. The van der Waals surface area contributed by atoms with E-state index in [-0.39, 0.29) is 0 Å². The number of rotatable bonds is 8. The van der Waals surface area contributed by atoms with Crippen molar-refractivity contribution >= 4 is 8.07 Å². The highest BCUT2D eigenvalue weighted by Crippen LogP contribution is 2.32. The van der Waals surface area contributed by atoms with Crippen molar-refractivity contribution in [1.82, 2.24) is 0 Å². The molecule has 0 aliphatic carbocycles. The molecule has 0 aliphatic heterocycles. The van der Waals surface area contributed by atoms with Gasteiger partial charge in [-0.2, -0.15) is 0 Å². The van der Waals surface area contributed by atoms with E-state index in [1.807, 2.05) is 6.08 Å². The van der Waals surface area contributed by atoms with Crippen LogP contribution in [0.4, 0.5) is 0 Å². The highest BCUT2D eigenvalue weighted by molar-refractivity contribution is 6.87. The molecule has 0 bridgehead atoms. The average molecular weight is 210 g/mol. The third-order valence-corrected chi connectivity index (χ3v) is 9.05. The van der Waals surface area contributed by atoms with Crippen molar-refractivity contribution in [1.29, 1.82) is 0 Å². The Morgan fingerprint density at radius 3 is 1.57 bits per heavy atom. The Hall–Kier alpha value is -0.303. The van der Waals surface area contributed by atoms with E-state index in [0.29, 0.717) is 0 Å². The lowest BCUT2D eigenvalue weighted by atomic mass is 10.5. The van der Waals surface area contributed by atoms with Crippen LogP contribution in [-0.4, -0.2) is 8.07 Å². The second kappa shape index (κ2) is 7.05. The number of hydrogen-bond acceptors (Lipinski definition) is 0. The lowest BCUT2D eigenvalue weighted by Gasteiger charge is -2.32. The topological polar surface area (TPSA) is 0 Å². The standard InChI is InChI=1S/C13H26Si/c1-6-10-14(11-7-2,12-8-3)13(5)9-4/h9H,4-8,10-12H2,1-3H3. The van der Waals surface area contributed by atoms with Crippen molar-refractivity contribution in [2.24, 2.45) is 0 Å². The fourth-order valence-corrected chi connectivity index (χ4v) is 7.53. The molecule has 0 aliphatic rings. The van der Waals surface area contributed by atoms with Gasteiger partial charge in [-0.3, -0.25) is 0 Å². The molecular formula is C13H26Si. The van der Waals surface area contributed by atoms with Crippen LogP contribution in [0.2, 0.25) is 18.1 Å². The van der Waals surface area contributed by atoms with E-state index in [1.165, 1.54) is 42.6 Å². The van der Waals surface area contributed by atoms with Gasteiger partial charge >= 0.3 is 0 Å². The zero-order valence-electron chi connectivity index (χ0n) is 10.2. The monoisotopic (exact) mass is 210 g/mol. The van der Waals surface area contributed by atoms with E-state index in [2.05, 4.69) is 33.9 Å². The van der Waals surface area contributed by atoms with Crippen LogP contribution in [0.25, 0.3) is 0 Å². The molecule has 0 spiro atoms. The molecular weight excluding hydrogens is 184 g/mol. The molecule has 0 heterocycles. The minimum Gasteiger partial charge on any atom is -0.0998 e. The Kier molecular flexibility index (Phi) is 6.90.